The molecule has 0 saturated carbocycles. The first-order valence-electron chi connectivity index (χ1n) is 16.3. The average molecular weight is 707 g/mol. The van der Waals surface area contributed by atoms with Crippen LogP contribution in [0.3, 0.4) is 0 Å². The Balaban J connectivity index is 0.925. The fraction of sp³-hybridized carbons (Fsp3) is 0.382. The first-order valence-corrected chi connectivity index (χ1v) is 17.0. The molecule has 0 N–H and O–H groups in total. The van der Waals surface area contributed by atoms with E-state index in [9.17, 15) is 4.79 Å². The van der Waals surface area contributed by atoms with Crippen molar-refractivity contribution in [2.24, 2.45) is 0 Å². The van der Waals surface area contributed by atoms with Crippen LogP contribution < -0.4 is 20.2 Å². The van der Waals surface area contributed by atoms with Gasteiger partial charge in [-0.05, 0) is 84.4 Å². The normalized spacial score (nSPS) is 20.1. The molecule has 0 bridgehead atoms. The molecule has 2 saturated heterocycles. The number of hydrogen-bond donors (Lipinski definition) is 0. The van der Waals surface area contributed by atoms with Crippen LogP contribution in [0.4, 0.5) is 11.4 Å². The monoisotopic (exact) mass is 705 g/mol. The van der Waals surface area contributed by atoms with Crippen molar-refractivity contribution in [1.29, 1.82) is 0 Å². The van der Waals surface area contributed by atoms with E-state index in [-0.39, 0.29) is 31.0 Å². The van der Waals surface area contributed by atoms with Gasteiger partial charge in [0.25, 0.3) is 0 Å². The minimum atomic E-state index is -1.20. The van der Waals surface area contributed by atoms with Crippen molar-refractivity contribution in [2.75, 3.05) is 49.2 Å². The van der Waals surface area contributed by atoms with Gasteiger partial charge in [-0.1, -0.05) is 36.2 Å². The molecule has 7 rings (SSSR count). The van der Waals surface area contributed by atoms with E-state index >= 15 is 0 Å². The first kappa shape index (κ1) is 33.1. The summed E-state index contributed by atoms with van der Waals surface area (Å²) in [4.78, 5) is 17.5. The number of anilines is 2. The predicted molar refractivity (Wildman–Crippen MR) is 186 cm³/mol. The third kappa shape index (κ3) is 7.02. The number of rotatable bonds is 11. The van der Waals surface area contributed by atoms with Gasteiger partial charge in [0, 0.05) is 48.1 Å². The Morgan fingerprint density at radius 2 is 1.61 bits per heavy atom. The molecule has 0 unspecified atom stereocenters. The van der Waals surface area contributed by atoms with E-state index in [1.807, 2.05) is 38.1 Å². The minimum Gasteiger partial charge on any atom is -0.491 e. The van der Waals surface area contributed by atoms with Gasteiger partial charge in [0.15, 0.2) is 0 Å². The summed E-state index contributed by atoms with van der Waals surface area (Å²) in [6.45, 7) is 8.36. The molecule has 0 spiro atoms. The molecule has 49 heavy (non-hydrogen) atoms. The number of piperazine rings is 1. The summed E-state index contributed by atoms with van der Waals surface area (Å²) >= 11 is 12.7. The lowest BCUT2D eigenvalue weighted by Crippen LogP contribution is -2.46. The second kappa shape index (κ2) is 14.2. The molecule has 4 heterocycles. The Labute approximate surface area is 293 Å². The zero-order chi connectivity index (χ0) is 34.0. The van der Waals surface area contributed by atoms with E-state index in [2.05, 4.69) is 54.7 Å². The molecule has 2 aliphatic rings. The molecule has 2 aliphatic heterocycles. The van der Waals surface area contributed by atoms with E-state index in [1.54, 1.807) is 29.1 Å². The third-order valence-corrected chi connectivity index (χ3v) is 9.62. The Hall–Kier alpha value is -4.43. The molecule has 5 aromatic rings. The Kier molecular flexibility index (Phi) is 9.59. The van der Waals surface area contributed by atoms with E-state index in [4.69, 9.17) is 37.4 Å². The standard InChI is InChI=1S/C34H37Cl2N9O4/c1-3-24(2)45-33(46)44(23-38-45)28-7-5-26(6-8-28)41-14-16-42(17-15-41)27-9-11-29(12-10-27)47-19-30-20-48-34(49-30,21-43-22-37-39-40-43)31-13-4-25(35)18-32(31)36/h4-13,18,22-24,30H,3,14-17,19-21H2,1-2H3/t24-,30-,34-/m1/s1. The maximum absolute atomic E-state index is 12.8. The summed E-state index contributed by atoms with van der Waals surface area (Å²) in [6.07, 6.45) is 3.59. The molecule has 3 atom stereocenters. The Morgan fingerprint density at radius 3 is 2.24 bits per heavy atom. The van der Waals surface area contributed by atoms with Crippen molar-refractivity contribution in [3.8, 4) is 11.4 Å². The maximum Gasteiger partial charge on any atom is 0.350 e. The SMILES string of the molecule is CC[C@@H](C)n1ncn(-c2ccc(N3CCN(c4ccc(OC[C@@H]5CO[C@@](Cn6cnnn6)(c6ccc(Cl)cc6Cl)O5)cc4)CC3)cc2)c1=O. The zero-order valence-electron chi connectivity index (χ0n) is 27.2. The van der Waals surface area contributed by atoms with Crippen LogP contribution >= 0.6 is 23.2 Å². The highest BCUT2D eigenvalue weighted by molar-refractivity contribution is 6.35. The van der Waals surface area contributed by atoms with Gasteiger partial charge in [-0.2, -0.15) is 5.10 Å². The lowest BCUT2D eigenvalue weighted by Gasteiger charge is -2.37. The minimum absolute atomic E-state index is 0.0629. The fourth-order valence-electron chi connectivity index (χ4n) is 6.18. The molecule has 256 valence electrons. The van der Waals surface area contributed by atoms with Crippen LogP contribution in [-0.4, -0.2) is 80.1 Å². The third-order valence-electron chi connectivity index (χ3n) is 9.07. The van der Waals surface area contributed by atoms with Crippen molar-refractivity contribution in [3.05, 3.63) is 105 Å². The average Bonchev–Trinajstić information content (AvgIpc) is 3.88. The summed E-state index contributed by atoms with van der Waals surface area (Å²) in [5.74, 6) is -0.460. The number of aromatic nitrogens is 7. The van der Waals surface area contributed by atoms with E-state index < -0.39 is 5.79 Å². The molecule has 0 aliphatic carbocycles. The van der Waals surface area contributed by atoms with Crippen LogP contribution in [0.5, 0.6) is 5.75 Å². The van der Waals surface area contributed by atoms with Gasteiger partial charge in [0.05, 0.1) is 23.4 Å². The van der Waals surface area contributed by atoms with Gasteiger partial charge in [-0.3, -0.25) is 0 Å². The fourth-order valence-corrected chi connectivity index (χ4v) is 6.73. The van der Waals surface area contributed by atoms with Crippen LogP contribution in [-0.2, 0) is 21.8 Å². The smallest absolute Gasteiger partial charge is 0.350 e. The predicted octanol–water partition coefficient (Wildman–Crippen LogP) is 4.97. The van der Waals surface area contributed by atoms with Crippen molar-refractivity contribution < 1.29 is 14.2 Å². The number of nitrogens with zero attached hydrogens (tertiary/aromatic N) is 9. The van der Waals surface area contributed by atoms with Crippen molar-refractivity contribution >= 4 is 34.6 Å². The van der Waals surface area contributed by atoms with E-state index in [0.29, 0.717) is 22.2 Å². The summed E-state index contributed by atoms with van der Waals surface area (Å²) in [5.41, 5.74) is 3.60. The summed E-state index contributed by atoms with van der Waals surface area (Å²) in [7, 11) is 0. The van der Waals surface area contributed by atoms with Crippen molar-refractivity contribution in [3.63, 3.8) is 0 Å². The number of ether oxygens (including phenoxy) is 3. The highest BCUT2D eigenvalue weighted by Crippen LogP contribution is 2.40. The summed E-state index contributed by atoms with van der Waals surface area (Å²) in [6, 6.07) is 21.5. The van der Waals surface area contributed by atoms with Gasteiger partial charge in [-0.25, -0.2) is 18.7 Å². The van der Waals surface area contributed by atoms with Crippen LogP contribution in [0.2, 0.25) is 10.0 Å². The lowest BCUT2D eigenvalue weighted by atomic mass is 10.1. The summed E-state index contributed by atoms with van der Waals surface area (Å²) < 4.78 is 23.5. The van der Waals surface area contributed by atoms with Gasteiger partial charge in [-0.15, -0.1) is 5.10 Å². The molecular weight excluding hydrogens is 669 g/mol. The largest absolute Gasteiger partial charge is 0.491 e. The number of benzene rings is 3. The van der Waals surface area contributed by atoms with Crippen LogP contribution in [0.1, 0.15) is 31.9 Å². The first-order chi connectivity index (χ1) is 23.8. The molecule has 2 aromatic heterocycles. The van der Waals surface area contributed by atoms with Crippen LogP contribution in [0.15, 0.2) is 84.2 Å². The summed E-state index contributed by atoms with van der Waals surface area (Å²) in [5, 5.41) is 16.7. The Bertz CT molecular complexity index is 1910. The van der Waals surface area contributed by atoms with Gasteiger partial charge in [0.1, 0.15) is 37.7 Å². The van der Waals surface area contributed by atoms with E-state index in [1.165, 1.54) is 15.7 Å². The molecule has 3 aromatic carbocycles. The maximum atomic E-state index is 12.8. The molecule has 0 amide bonds. The molecular formula is C34H37Cl2N9O4. The molecule has 0 radical (unpaired) electrons. The highest BCUT2D eigenvalue weighted by atomic mass is 35.5. The molecule has 13 nitrogen and oxygen atoms in total. The molecule has 2 fully saturated rings. The van der Waals surface area contributed by atoms with Gasteiger partial charge in [0.2, 0.25) is 5.79 Å². The quantitative estimate of drug-likeness (QED) is 0.186. The highest BCUT2D eigenvalue weighted by Gasteiger charge is 2.45. The second-order valence-electron chi connectivity index (χ2n) is 12.2. The molecule has 15 heteroatoms. The lowest BCUT2D eigenvalue weighted by molar-refractivity contribution is -0.190. The van der Waals surface area contributed by atoms with Gasteiger partial charge >= 0.3 is 5.69 Å². The topological polar surface area (TPSA) is 118 Å². The second-order valence-corrected chi connectivity index (χ2v) is 13.1. The van der Waals surface area contributed by atoms with Gasteiger partial charge < -0.3 is 24.0 Å². The van der Waals surface area contributed by atoms with E-state index in [0.717, 1.165) is 55.4 Å². The number of halogens is 2. The van der Waals surface area contributed by atoms with Crippen LogP contribution in [0.25, 0.3) is 5.69 Å². The number of hydrogen-bond acceptors (Lipinski definition) is 10. The van der Waals surface area contributed by atoms with Crippen LogP contribution in [0, 0.1) is 0 Å². The van der Waals surface area contributed by atoms with Crippen molar-refractivity contribution in [2.45, 2.75) is 44.7 Å². The zero-order valence-corrected chi connectivity index (χ0v) is 28.7. The number of tetrazole rings is 1. The Morgan fingerprint density at radius 1 is 0.939 bits per heavy atom. The van der Waals surface area contributed by atoms with Crippen molar-refractivity contribution in [1.82, 2.24) is 34.6 Å².